The van der Waals surface area contributed by atoms with Crippen LogP contribution in [0.4, 0.5) is 0 Å². The normalized spacial score (nSPS) is 12.3. The van der Waals surface area contributed by atoms with Crippen LogP contribution in [0.15, 0.2) is 22.8 Å². The van der Waals surface area contributed by atoms with Crippen molar-refractivity contribution in [2.24, 2.45) is 5.73 Å². The highest BCUT2D eigenvalue weighted by atomic mass is 32.2. The summed E-state index contributed by atoms with van der Waals surface area (Å²) < 4.78 is 4.85. The van der Waals surface area contributed by atoms with E-state index in [4.69, 9.17) is 10.5 Å². The average Bonchev–Trinajstić information content (AvgIpc) is 2.84. The van der Waals surface area contributed by atoms with Crippen molar-refractivity contribution in [3.05, 3.63) is 17.8 Å². The van der Waals surface area contributed by atoms with Crippen LogP contribution in [0.1, 0.15) is 6.92 Å². The van der Waals surface area contributed by atoms with Gasteiger partial charge in [0.05, 0.1) is 5.75 Å². The Hall–Kier alpha value is -1.67. The molecule has 2 rings (SSSR count). The molecule has 2 N–H and O–H groups in total. The minimum atomic E-state index is -0.917. The standard InChI is InChI=1S/C11H11N3O3S2/c1-6(9(12)16)17-8(15)4-19-11-7-2-3-18-10(7)13-5-14-11/h2-3,5-6H,4H2,1H3,(H2,12,16). The van der Waals surface area contributed by atoms with Crippen LogP contribution in [0.5, 0.6) is 0 Å². The minimum absolute atomic E-state index is 0.0690. The van der Waals surface area contributed by atoms with Crippen molar-refractivity contribution in [3.8, 4) is 0 Å². The molecule has 0 aliphatic carbocycles. The zero-order valence-corrected chi connectivity index (χ0v) is 11.7. The van der Waals surface area contributed by atoms with Crippen LogP contribution in [0.2, 0.25) is 0 Å². The number of carbonyl (C=O) groups excluding carboxylic acids is 2. The van der Waals surface area contributed by atoms with Crippen LogP contribution < -0.4 is 5.73 Å². The third-order valence-corrected chi connectivity index (χ3v) is 4.06. The highest BCUT2D eigenvalue weighted by molar-refractivity contribution is 8.00. The van der Waals surface area contributed by atoms with Crippen molar-refractivity contribution in [1.82, 2.24) is 9.97 Å². The van der Waals surface area contributed by atoms with Gasteiger partial charge >= 0.3 is 5.97 Å². The summed E-state index contributed by atoms with van der Waals surface area (Å²) in [5.41, 5.74) is 5.01. The summed E-state index contributed by atoms with van der Waals surface area (Å²) in [5.74, 6) is -1.10. The number of thioether (sulfide) groups is 1. The first-order valence-electron chi connectivity index (χ1n) is 5.37. The third kappa shape index (κ3) is 3.42. The van der Waals surface area contributed by atoms with E-state index in [2.05, 4.69) is 9.97 Å². The smallest absolute Gasteiger partial charge is 0.317 e. The number of hydrogen-bond acceptors (Lipinski definition) is 7. The molecule has 0 saturated heterocycles. The minimum Gasteiger partial charge on any atom is -0.452 e. The first kappa shape index (κ1) is 13.8. The van der Waals surface area contributed by atoms with E-state index in [1.54, 1.807) is 0 Å². The van der Waals surface area contributed by atoms with E-state index in [1.165, 1.54) is 36.3 Å². The van der Waals surface area contributed by atoms with Crippen LogP contribution in [-0.4, -0.2) is 33.7 Å². The van der Waals surface area contributed by atoms with E-state index < -0.39 is 18.0 Å². The van der Waals surface area contributed by atoms with Gasteiger partial charge in [0.1, 0.15) is 16.2 Å². The highest BCUT2D eigenvalue weighted by Crippen LogP contribution is 2.27. The van der Waals surface area contributed by atoms with Gasteiger partial charge in [0, 0.05) is 5.39 Å². The second kappa shape index (κ2) is 5.98. The molecule has 1 atom stereocenters. The maximum Gasteiger partial charge on any atom is 0.317 e. The monoisotopic (exact) mass is 297 g/mol. The molecule has 8 heteroatoms. The lowest BCUT2D eigenvalue weighted by atomic mass is 10.4. The van der Waals surface area contributed by atoms with Crippen LogP contribution >= 0.6 is 23.1 Å². The molecule has 2 aromatic rings. The number of nitrogens with zero attached hydrogens (tertiary/aromatic N) is 2. The molecule has 6 nitrogen and oxygen atoms in total. The molecule has 19 heavy (non-hydrogen) atoms. The number of hydrogen-bond donors (Lipinski definition) is 1. The Morgan fingerprint density at radius 2 is 2.32 bits per heavy atom. The summed E-state index contributed by atoms with van der Waals surface area (Å²) in [7, 11) is 0. The molecule has 0 aliphatic heterocycles. The predicted molar refractivity (Wildman–Crippen MR) is 72.9 cm³/mol. The Bertz CT molecular complexity index is 614. The van der Waals surface area contributed by atoms with Crippen molar-refractivity contribution in [2.45, 2.75) is 18.1 Å². The van der Waals surface area contributed by atoms with Crippen molar-refractivity contribution in [3.63, 3.8) is 0 Å². The number of fused-ring (bicyclic) bond motifs is 1. The molecule has 0 aliphatic rings. The van der Waals surface area contributed by atoms with Gasteiger partial charge in [0.25, 0.3) is 5.91 Å². The van der Waals surface area contributed by atoms with E-state index in [9.17, 15) is 9.59 Å². The number of esters is 1. The lowest BCUT2D eigenvalue weighted by Gasteiger charge is -2.09. The third-order valence-electron chi connectivity index (χ3n) is 2.26. The quantitative estimate of drug-likeness (QED) is 0.506. The first-order valence-corrected chi connectivity index (χ1v) is 7.24. The SMILES string of the molecule is CC(OC(=O)CSc1ncnc2sccc12)C(N)=O. The molecule has 0 aromatic carbocycles. The molecule has 2 aromatic heterocycles. The lowest BCUT2D eigenvalue weighted by molar-refractivity contribution is -0.151. The Morgan fingerprint density at radius 1 is 1.53 bits per heavy atom. The highest BCUT2D eigenvalue weighted by Gasteiger charge is 2.15. The number of rotatable bonds is 5. The zero-order chi connectivity index (χ0) is 13.8. The van der Waals surface area contributed by atoms with Crippen LogP contribution in [0.3, 0.4) is 0 Å². The van der Waals surface area contributed by atoms with Gasteiger partial charge < -0.3 is 10.5 Å². The fourth-order valence-corrected chi connectivity index (χ4v) is 2.86. The predicted octanol–water partition coefficient (Wildman–Crippen LogP) is 1.20. The summed E-state index contributed by atoms with van der Waals surface area (Å²) in [6.07, 6.45) is 0.540. The molecule has 100 valence electrons. The molecule has 0 fully saturated rings. The maximum atomic E-state index is 11.5. The van der Waals surface area contributed by atoms with Gasteiger partial charge in [-0.3, -0.25) is 9.59 Å². The number of ether oxygens (including phenoxy) is 1. The molecule has 0 radical (unpaired) electrons. The van der Waals surface area contributed by atoms with E-state index in [-0.39, 0.29) is 5.75 Å². The van der Waals surface area contributed by atoms with Crippen molar-refractivity contribution < 1.29 is 14.3 Å². The molecule has 0 saturated carbocycles. The van der Waals surface area contributed by atoms with E-state index in [0.717, 1.165) is 15.2 Å². The summed E-state index contributed by atoms with van der Waals surface area (Å²) in [4.78, 5) is 31.4. The largest absolute Gasteiger partial charge is 0.452 e. The zero-order valence-electron chi connectivity index (χ0n) is 10.0. The molecular formula is C11H11N3O3S2. The molecular weight excluding hydrogens is 286 g/mol. The number of nitrogens with two attached hydrogens (primary N) is 1. The van der Waals surface area contributed by atoms with E-state index in [1.807, 2.05) is 11.4 Å². The fraction of sp³-hybridized carbons (Fsp3) is 0.273. The summed E-state index contributed by atoms with van der Waals surface area (Å²) in [6, 6.07) is 1.90. The lowest BCUT2D eigenvalue weighted by Crippen LogP contribution is -2.31. The van der Waals surface area contributed by atoms with Gasteiger partial charge in [-0.05, 0) is 18.4 Å². The summed E-state index contributed by atoms with van der Waals surface area (Å²) in [5, 5.41) is 3.54. The van der Waals surface area contributed by atoms with Gasteiger partial charge in [0.15, 0.2) is 6.10 Å². The Kier molecular flexibility index (Phi) is 4.33. The topological polar surface area (TPSA) is 95.2 Å². The summed E-state index contributed by atoms with van der Waals surface area (Å²) in [6.45, 7) is 1.44. The van der Waals surface area contributed by atoms with E-state index in [0.29, 0.717) is 0 Å². The maximum absolute atomic E-state index is 11.5. The second-order valence-corrected chi connectivity index (χ2v) is 5.50. The molecule has 0 spiro atoms. The molecule has 1 amide bonds. The Balaban J connectivity index is 1.97. The fourth-order valence-electron chi connectivity index (χ4n) is 1.30. The Labute approximate surface area is 117 Å². The molecule has 2 heterocycles. The van der Waals surface area contributed by atoms with Crippen LogP contribution in [-0.2, 0) is 14.3 Å². The van der Waals surface area contributed by atoms with E-state index >= 15 is 0 Å². The second-order valence-electron chi connectivity index (χ2n) is 3.64. The number of amides is 1. The van der Waals surface area contributed by atoms with Crippen molar-refractivity contribution in [2.75, 3.05) is 5.75 Å². The van der Waals surface area contributed by atoms with Gasteiger partial charge in [-0.2, -0.15) is 0 Å². The van der Waals surface area contributed by atoms with Crippen LogP contribution in [0, 0.1) is 0 Å². The van der Waals surface area contributed by atoms with Gasteiger partial charge in [-0.25, -0.2) is 9.97 Å². The number of primary amides is 1. The molecule has 0 bridgehead atoms. The van der Waals surface area contributed by atoms with Gasteiger partial charge in [0.2, 0.25) is 0 Å². The number of aromatic nitrogens is 2. The number of carbonyl (C=O) groups is 2. The first-order chi connectivity index (χ1) is 9.08. The van der Waals surface area contributed by atoms with Crippen molar-refractivity contribution >= 4 is 45.2 Å². The van der Waals surface area contributed by atoms with Gasteiger partial charge in [-0.1, -0.05) is 11.8 Å². The van der Waals surface area contributed by atoms with Crippen molar-refractivity contribution in [1.29, 1.82) is 0 Å². The molecule has 1 unspecified atom stereocenters. The average molecular weight is 297 g/mol. The summed E-state index contributed by atoms with van der Waals surface area (Å²) >= 11 is 2.75. The number of thiophene rings is 1. The van der Waals surface area contributed by atoms with Crippen LogP contribution in [0.25, 0.3) is 10.2 Å². The van der Waals surface area contributed by atoms with Gasteiger partial charge in [-0.15, -0.1) is 11.3 Å². The Morgan fingerprint density at radius 3 is 3.05 bits per heavy atom.